The normalized spacial score (nSPS) is 16.1. The molecule has 2 aliphatic carbocycles. The van der Waals surface area contributed by atoms with Gasteiger partial charge in [0.2, 0.25) is 0 Å². The van der Waals surface area contributed by atoms with Crippen molar-refractivity contribution in [1.29, 1.82) is 0 Å². The standard InChI is InChI=1S/C57H44N2Si/c1-57(2)50-32-15-12-28-44(50)48-38-54-49(37-51(48)57)46-30-14-16-33-52(46)58(54)40-22-18-27-43(36-40)60(41-23-8-4-9-24-41,42-25-10-5-11-26-42)55-35-19-31-47-45-29-13-17-34-53(45)59(56(47)55)39-20-6-3-7-21-39/h3-28,30-38,45H,29H2,1-2H3. The Balaban J connectivity index is 1.17. The lowest BCUT2D eigenvalue weighted by Gasteiger charge is -2.37. The minimum atomic E-state index is -3.06. The fourth-order valence-electron chi connectivity index (χ4n) is 11.2. The van der Waals surface area contributed by atoms with E-state index in [2.05, 4.69) is 236 Å². The minimum Gasteiger partial charge on any atom is -0.313 e. The summed E-state index contributed by atoms with van der Waals surface area (Å²) in [5, 5.41) is 8.10. The molecule has 12 rings (SSSR count). The third-order valence-corrected chi connectivity index (χ3v) is 18.6. The van der Waals surface area contributed by atoms with Crippen molar-refractivity contribution < 1.29 is 0 Å². The zero-order chi connectivity index (χ0) is 40.0. The highest BCUT2D eigenvalue weighted by atomic mass is 28.3. The average Bonchev–Trinajstić information content (AvgIpc) is 3.90. The molecule has 0 saturated carbocycles. The van der Waals surface area contributed by atoms with Crippen molar-refractivity contribution in [1.82, 2.24) is 4.57 Å². The average molecular weight is 785 g/mol. The lowest BCUT2D eigenvalue weighted by molar-refractivity contribution is 0.661. The molecule has 1 unspecified atom stereocenters. The van der Waals surface area contributed by atoms with Crippen LogP contribution in [0.3, 0.4) is 0 Å². The predicted molar refractivity (Wildman–Crippen MR) is 255 cm³/mol. The summed E-state index contributed by atoms with van der Waals surface area (Å²) in [6.45, 7) is 4.76. The maximum Gasteiger partial charge on any atom is 0.181 e. The van der Waals surface area contributed by atoms with Crippen molar-refractivity contribution in [2.24, 2.45) is 0 Å². The molecular formula is C57H44N2Si. The molecule has 0 bridgehead atoms. The van der Waals surface area contributed by atoms with Gasteiger partial charge in [-0.1, -0.05) is 178 Å². The summed E-state index contributed by atoms with van der Waals surface area (Å²) in [4.78, 5) is 2.59. The molecule has 0 spiro atoms. The lowest BCUT2D eigenvalue weighted by Crippen LogP contribution is -2.75. The van der Waals surface area contributed by atoms with Crippen LogP contribution < -0.4 is 25.6 Å². The number of para-hydroxylation sites is 3. The van der Waals surface area contributed by atoms with Crippen LogP contribution in [0.1, 0.15) is 42.9 Å². The maximum absolute atomic E-state index is 3.06. The molecule has 3 heteroatoms. The second kappa shape index (κ2) is 13.3. The summed E-state index contributed by atoms with van der Waals surface area (Å²) in [6, 6.07) is 73.6. The molecule has 60 heavy (non-hydrogen) atoms. The number of hydrogen-bond acceptors (Lipinski definition) is 1. The molecule has 1 aromatic heterocycles. The molecule has 8 aromatic carbocycles. The van der Waals surface area contributed by atoms with Gasteiger partial charge in [0.15, 0.2) is 8.07 Å². The van der Waals surface area contributed by atoms with E-state index in [-0.39, 0.29) is 5.41 Å². The zero-order valence-electron chi connectivity index (χ0n) is 33.9. The van der Waals surface area contributed by atoms with E-state index in [0.29, 0.717) is 5.92 Å². The second-order valence-electron chi connectivity index (χ2n) is 17.2. The van der Waals surface area contributed by atoms with Gasteiger partial charge < -0.3 is 9.47 Å². The Morgan fingerprint density at radius 3 is 1.95 bits per heavy atom. The van der Waals surface area contributed by atoms with Crippen LogP contribution in [0.25, 0.3) is 38.6 Å². The van der Waals surface area contributed by atoms with E-state index in [1.54, 1.807) is 0 Å². The smallest absolute Gasteiger partial charge is 0.181 e. The highest BCUT2D eigenvalue weighted by Gasteiger charge is 2.47. The molecule has 3 aliphatic rings. The summed E-state index contributed by atoms with van der Waals surface area (Å²) >= 11 is 0. The van der Waals surface area contributed by atoms with Crippen LogP contribution >= 0.6 is 0 Å². The van der Waals surface area contributed by atoms with Crippen LogP contribution in [0.5, 0.6) is 0 Å². The molecule has 0 radical (unpaired) electrons. The number of hydrogen-bond donors (Lipinski definition) is 0. The summed E-state index contributed by atoms with van der Waals surface area (Å²) < 4.78 is 2.54. The Hall–Kier alpha value is -6.94. The summed E-state index contributed by atoms with van der Waals surface area (Å²) in [5.41, 5.74) is 14.4. The molecule has 0 N–H and O–H groups in total. The van der Waals surface area contributed by atoms with Crippen LogP contribution in [-0.2, 0) is 5.41 Å². The van der Waals surface area contributed by atoms with Gasteiger partial charge in [-0.05, 0) is 104 Å². The lowest BCUT2D eigenvalue weighted by atomic mass is 9.82. The van der Waals surface area contributed by atoms with E-state index in [1.807, 2.05) is 0 Å². The molecule has 1 aliphatic heterocycles. The highest BCUT2D eigenvalue weighted by molar-refractivity contribution is 7.20. The largest absolute Gasteiger partial charge is 0.313 e. The maximum atomic E-state index is 2.59. The van der Waals surface area contributed by atoms with Gasteiger partial charge in [-0.2, -0.15) is 0 Å². The number of aromatic nitrogens is 1. The zero-order valence-corrected chi connectivity index (χ0v) is 34.9. The van der Waals surface area contributed by atoms with Crippen molar-refractivity contribution in [3.63, 3.8) is 0 Å². The van der Waals surface area contributed by atoms with Crippen molar-refractivity contribution in [2.45, 2.75) is 31.6 Å². The van der Waals surface area contributed by atoms with Crippen molar-refractivity contribution in [2.75, 3.05) is 4.90 Å². The van der Waals surface area contributed by atoms with Crippen LogP contribution in [0, 0.1) is 0 Å². The Kier molecular flexibility index (Phi) is 7.76. The van der Waals surface area contributed by atoms with E-state index in [4.69, 9.17) is 0 Å². The quantitative estimate of drug-likeness (QED) is 0.120. The van der Waals surface area contributed by atoms with Crippen LogP contribution in [0.4, 0.5) is 11.4 Å². The summed E-state index contributed by atoms with van der Waals surface area (Å²) in [5.74, 6) is 0.296. The van der Waals surface area contributed by atoms with Gasteiger partial charge in [-0.3, -0.25) is 0 Å². The Labute approximate surface area is 353 Å². The third kappa shape index (κ3) is 4.87. The minimum absolute atomic E-state index is 0.0764. The van der Waals surface area contributed by atoms with Crippen molar-refractivity contribution in [3.05, 3.63) is 235 Å². The number of allylic oxidation sites excluding steroid dienone is 4. The van der Waals surface area contributed by atoms with Gasteiger partial charge in [-0.25, -0.2) is 0 Å². The fourth-order valence-corrected chi connectivity index (χ4v) is 16.2. The first kappa shape index (κ1) is 35.0. The van der Waals surface area contributed by atoms with Gasteiger partial charge in [-0.15, -0.1) is 0 Å². The molecule has 0 amide bonds. The molecule has 1 atom stereocenters. The van der Waals surface area contributed by atoms with Crippen molar-refractivity contribution >= 4 is 62.0 Å². The SMILES string of the molecule is CC1(C)c2ccccc2-c2cc3c(cc21)c1ccccc1n3-c1cccc([Si](c2ccccc2)(c2ccccc2)c2cccc3c2N(c2ccccc2)C2=CC=CCC23)c1. The fraction of sp³-hybridized carbons (Fsp3) is 0.0877. The Morgan fingerprint density at radius 1 is 0.517 bits per heavy atom. The molecule has 286 valence electrons. The number of fused-ring (bicyclic) bond motifs is 9. The Bertz CT molecular complexity index is 3170. The molecule has 9 aromatic rings. The highest BCUT2D eigenvalue weighted by Crippen LogP contribution is 2.52. The number of nitrogens with zero attached hydrogens (tertiary/aromatic N) is 2. The second-order valence-corrected chi connectivity index (χ2v) is 21.0. The summed E-state index contributed by atoms with van der Waals surface area (Å²) in [7, 11) is -3.06. The Morgan fingerprint density at radius 2 is 1.17 bits per heavy atom. The molecular weight excluding hydrogens is 741 g/mol. The van der Waals surface area contributed by atoms with E-state index in [9.17, 15) is 0 Å². The van der Waals surface area contributed by atoms with Gasteiger partial charge in [0.1, 0.15) is 0 Å². The molecule has 2 nitrogen and oxygen atoms in total. The van der Waals surface area contributed by atoms with Gasteiger partial charge in [0.05, 0.1) is 16.7 Å². The van der Waals surface area contributed by atoms with E-state index >= 15 is 0 Å². The number of rotatable bonds is 6. The third-order valence-electron chi connectivity index (χ3n) is 13.8. The first-order valence-electron chi connectivity index (χ1n) is 21.3. The molecule has 0 saturated heterocycles. The van der Waals surface area contributed by atoms with Crippen molar-refractivity contribution in [3.8, 4) is 16.8 Å². The summed E-state index contributed by atoms with van der Waals surface area (Å²) in [6.07, 6.45) is 7.92. The van der Waals surface area contributed by atoms with Crippen LogP contribution in [0.2, 0.25) is 0 Å². The van der Waals surface area contributed by atoms with Crippen LogP contribution in [0.15, 0.2) is 218 Å². The van der Waals surface area contributed by atoms with E-state index < -0.39 is 8.07 Å². The first-order valence-corrected chi connectivity index (χ1v) is 23.3. The monoisotopic (exact) mass is 784 g/mol. The van der Waals surface area contributed by atoms with E-state index in [0.717, 1.165) is 6.42 Å². The first-order chi connectivity index (χ1) is 29.5. The number of benzene rings is 8. The number of anilines is 2. The molecule has 0 fully saturated rings. The van der Waals surface area contributed by atoms with Crippen LogP contribution in [-0.4, -0.2) is 12.6 Å². The van der Waals surface area contributed by atoms with E-state index in [1.165, 1.54) is 93.1 Å². The topological polar surface area (TPSA) is 8.17 Å². The van der Waals surface area contributed by atoms with Gasteiger partial charge >= 0.3 is 0 Å². The molecule has 2 heterocycles. The van der Waals surface area contributed by atoms with Gasteiger partial charge in [0, 0.05) is 39.2 Å². The van der Waals surface area contributed by atoms with Gasteiger partial charge in [0.25, 0.3) is 0 Å². The predicted octanol–water partition coefficient (Wildman–Crippen LogP) is 11.5.